The highest BCUT2D eigenvalue weighted by atomic mass is 16.3. The number of nitrogens with two attached hydrogens (primary N) is 1. The van der Waals surface area contributed by atoms with Gasteiger partial charge in [-0.15, -0.1) is 0 Å². The van der Waals surface area contributed by atoms with Gasteiger partial charge in [0, 0.05) is 24.2 Å². The van der Waals surface area contributed by atoms with Crippen LogP contribution < -0.4 is 5.73 Å². The number of amides is 1. The minimum Gasteiger partial charge on any atom is -0.508 e. The van der Waals surface area contributed by atoms with E-state index < -0.39 is 0 Å². The van der Waals surface area contributed by atoms with E-state index in [0.717, 1.165) is 0 Å². The maximum atomic E-state index is 11.7. The number of rotatable bonds is 2. The van der Waals surface area contributed by atoms with Gasteiger partial charge in [-0.25, -0.2) is 0 Å². The largest absolute Gasteiger partial charge is 0.508 e. The monoisotopic (exact) mass is 192 g/mol. The number of hydrogen-bond donors (Lipinski definition) is 2. The number of phenols is 1. The number of carbonyl (C=O) groups excluding carboxylic acids is 1. The van der Waals surface area contributed by atoms with Gasteiger partial charge in [-0.1, -0.05) is 6.07 Å². The third-order valence-corrected chi connectivity index (χ3v) is 2.42. The van der Waals surface area contributed by atoms with Crippen LogP contribution in [0.2, 0.25) is 0 Å². The summed E-state index contributed by atoms with van der Waals surface area (Å²) in [6.45, 7) is 1.45. The van der Waals surface area contributed by atoms with Crippen LogP contribution in [-0.2, 0) is 6.54 Å². The lowest BCUT2D eigenvalue weighted by Crippen LogP contribution is -2.29. The molecular formula is C10H12N2O2. The van der Waals surface area contributed by atoms with Crippen molar-refractivity contribution in [2.24, 2.45) is 5.73 Å². The van der Waals surface area contributed by atoms with Gasteiger partial charge in [0.25, 0.3) is 5.91 Å². The molecule has 1 aromatic rings. The van der Waals surface area contributed by atoms with Crippen molar-refractivity contribution in [1.82, 2.24) is 4.90 Å². The first-order valence-corrected chi connectivity index (χ1v) is 4.54. The van der Waals surface area contributed by atoms with Crippen molar-refractivity contribution >= 4 is 5.91 Å². The number of phenolic OH excluding ortho intramolecular Hbond substituents is 1. The first-order valence-electron chi connectivity index (χ1n) is 4.54. The molecule has 0 bridgehead atoms. The van der Waals surface area contributed by atoms with Gasteiger partial charge in [-0.2, -0.15) is 0 Å². The maximum Gasteiger partial charge on any atom is 0.254 e. The van der Waals surface area contributed by atoms with E-state index >= 15 is 0 Å². The Kier molecular flexibility index (Phi) is 2.13. The van der Waals surface area contributed by atoms with Crippen LogP contribution in [0.5, 0.6) is 5.75 Å². The van der Waals surface area contributed by atoms with Gasteiger partial charge in [0.05, 0.1) is 6.54 Å². The van der Waals surface area contributed by atoms with Crippen molar-refractivity contribution in [3.05, 3.63) is 29.3 Å². The molecule has 1 aliphatic heterocycles. The molecule has 0 radical (unpaired) electrons. The van der Waals surface area contributed by atoms with Crippen LogP contribution >= 0.6 is 0 Å². The van der Waals surface area contributed by atoms with Crippen LogP contribution in [0.3, 0.4) is 0 Å². The van der Waals surface area contributed by atoms with E-state index in [2.05, 4.69) is 0 Å². The lowest BCUT2D eigenvalue weighted by Gasteiger charge is -2.13. The molecule has 4 nitrogen and oxygen atoms in total. The second-order valence-electron chi connectivity index (χ2n) is 3.32. The number of hydrogen-bond acceptors (Lipinski definition) is 3. The lowest BCUT2D eigenvalue weighted by molar-refractivity contribution is 0.0783. The predicted octanol–water partition coefficient (Wildman–Crippen LogP) is 0.307. The van der Waals surface area contributed by atoms with Crippen LogP contribution in [0.1, 0.15) is 15.9 Å². The normalized spacial score (nSPS) is 14.6. The number of benzene rings is 1. The van der Waals surface area contributed by atoms with E-state index in [-0.39, 0.29) is 11.7 Å². The molecule has 2 rings (SSSR count). The van der Waals surface area contributed by atoms with Crippen molar-refractivity contribution < 1.29 is 9.90 Å². The van der Waals surface area contributed by atoms with Crippen LogP contribution in [0.25, 0.3) is 0 Å². The van der Waals surface area contributed by atoms with Crippen molar-refractivity contribution in [2.75, 3.05) is 13.1 Å². The average Bonchev–Trinajstić information content (AvgIpc) is 2.48. The van der Waals surface area contributed by atoms with E-state index in [1.165, 1.54) is 0 Å². The van der Waals surface area contributed by atoms with Crippen molar-refractivity contribution in [3.8, 4) is 5.75 Å². The number of aromatic hydroxyl groups is 1. The first-order chi connectivity index (χ1) is 6.74. The Morgan fingerprint density at radius 2 is 2.29 bits per heavy atom. The Morgan fingerprint density at radius 3 is 2.93 bits per heavy atom. The van der Waals surface area contributed by atoms with E-state index in [1.807, 2.05) is 0 Å². The molecule has 1 aromatic carbocycles. The smallest absolute Gasteiger partial charge is 0.254 e. The molecule has 1 aliphatic rings. The van der Waals surface area contributed by atoms with Gasteiger partial charge >= 0.3 is 0 Å². The summed E-state index contributed by atoms with van der Waals surface area (Å²) in [6.07, 6.45) is 0. The fourth-order valence-electron chi connectivity index (χ4n) is 1.71. The molecule has 1 amide bonds. The van der Waals surface area contributed by atoms with E-state index in [4.69, 9.17) is 5.73 Å². The molecule has 0 unspecified atom stereocenters. The zero-order valence-electron chi connectivity index (χ0n) is 7.73. The summed E-state index contributed by atoms with van der Waals surface area (Å²) in [5, 5.41) is 9.52. The van der Waals surface area contributed by atoms with Crippen LogP contribution in [0, 0.1) is 0 Å². The van der Waals surface area contributed by atoms with Gasteiger partial charge in [0.2, 0.25) is 0 Å². The molecule has 0 saturated heterocycles. The molecule has 0 fully saturated rings. The summed E-state index contributed by atoms with van der Waals surface area (Å²) in [5.74, 6) is 0.150. The predicted molar refractivity (Wildman–Crippen MR) is 51.9 cm³/mol. The standard InChI is InChI=1S/C10H12N2O2/c11-4-5-12-6-8-7(10(12)14)2-1-3-9(8)13/h1-3,13H,4-6,11H2. The quantitative estimate of drug-likeness (QED) is 0.708. The summed E-state index contributed by atoms with van der Waals surface area (Å²) in [6, 6.07) is 5.00. The minimum absolute atomic E-state index is 0.0404. The second kappa shape index (κ2) is 3.31. The third-order valence-electron chi connectivity index (χ3n) is 2.42. The van der Waals surface area contributed by atoms with E-state index in [1.54, 1.807) is 23.1 Å². The fraction of sp³-hybridized carbons (Fsp3) is 0.300. The Bertz CT molecular complexity index is 376. The maximum absolute atomic E-state index is 11.7. The fourth-order valence-corrected chi connectivity index (χ4v) is 1.71. The zero-order valence-corrected chi connectivity index (χ0v) is 7.73. The van der Waals surface area contributed by atoms with Crippen LogP contribution in [0.15, 0.2) is 18.2 Å². The van der Waals surface area contributed by atoms with Gasteiger partial charge in [0.15, 0.2) is 0 Å². The summed E-state index contributed by atoms with van der Waals surface area (Å²) in [7, 11) is 0. The van der Waals surface area contributed by atoms with Crippen molar-refractivity contribution in [3.63, 3.8) is 0 Å². The van der Waals surface area contributed by atoms with Crippen LogP contribution in [0.4, 0.5) is 0 Å². The lowest BCUT2D eigenvalue weighted by atomic mass is 10.1. The Morgan fingerprint density at radius 1 is 1.50 bits per heavy atom. The number of fused-ring (bicyclic) bond motifs is 1. The molecule has 0 aromatic heterocycles. The molecule has 3 N–H and O–H groups in total. The summed E-state index contributed by atoms with van der Waals surface area (Å²) in [4.78, 5) is 13.3. The van der Waals surface area contributed by atoms with Gasteiger partial charge in [-0.05, 0) is 12.1 Å². The highest BCUT2D eigenvalue weighted by molar-refractivity contribution is 5.99. The van der Waals surface area contributed by atoms with Crippen LogP contribution in [-0.4, -0.2) is 29.0 Å². The van der Waals surface area contributed by atoms with Gasteiger partial charge in [0.1, 0.15) is 5.75 Å². The molecule has 0 saturated carbocycles. The van der Waals surface area contributed by atoms with Crippen molar-refractivity contribution in [2.45, 2.75) is 6.54 Å². The third kappa shape index (κ3) is 1.24. The SMILES string of the molecule is NCCN1Cc2c(O)cccc2C1=O. The molecular weight excluding hydrogens is 180 g/mol. The molecule has 4 heteroatoms. The highest BCUT2D eigenvalue weighted by Crippen LogP contribution is 2.29. The zero-order chi connectivity index (χ0) is 10.1. The van der Waals surface area contributed by atoms with Gasteiger partial charge in [-0.3, -0.25) is 4.79 Å². The molecule has 0 atom stereocenters. The molecule has 14 heavy (non-hydrogen) atoms. The van der Waals surface area contributed by atoms with E-state index in [0.29, 0.717) is 30.8 Å². The van der Waals surface area contributed by atoms with Crippen molar-refractivity contribution in [1.29, 1.82) is 0 Å². The summed E-state index contributed by atoms with van der Waals surface area (Å²) < 4.78 is 0. The van der Waals surface area contributed by atoms with Gasteiger partial charge < -0.3 is 15.7 Å². The Balaban J connectivity index is 2.35. The molecule has 74 valence electrons. The topological polar surface area (TPSA) is 66.6 Å². The second-order valence-corrected chi connectivity index (χ2v) is 3.32. The number of carbonyl (C=O) groups is 1. The highest BCUT2D eigenvalue weighted by Gasteiger charge is 2.28. The summed E-state index contributed by atoms with van der Waals surface area (Å²) >= 11 is 0. The Labute approximate surface area is 81.9 Å². The molecule has 1 heterocycles. The molecule has 0 aliphatic carbocycles. The molecule has 0 spiro atoms. The summed E-state index contributed by atoms with van der Waals surface area (Å²) in [5.41, 5.74) is 6.70. The first kappa shape index (κ1) is 9.02. The average molecular weight is 192 g/mol. The van der Waals surface area contributed by atoms with E-state index in [9.17, 15) is 9.90 Å². The minimum atomic E-state index is -0.0404. The number of nitrogens with zero attached hydrogens (tertiary/aromatic N) is 1. The Hall–Kier alpha value is -1.55.